The van der Waals surface area contributed by atoms with Crippen molar-refractivity contribution in [2.75, 3.05) is 11.4 Å². The number of benzene rings is 2. The Balaban J connectivity index is 1.72. The van der Waals surface area contributed by atoms with Gasteiger partial charge in [-0.3, -0.25) is 4.79 Å². The number of esters is 1. The third-order valence-electron chi connectivity index (χ3n) is 3.53. The zero-order chi connectivity index (χ0) is 16.4. The maximum atomic E-state index is 13.1. The largest absolute Gasteiger partial charge is 0.423 e. The maximum Gasteiger partial charge on any atom is 0.343 e. The van der Waals surface area contributed by atoms with Crippen LogP contribution in [0.25, 0.3) is 0 Å². The summed E-state index contributed by atoms with van der Waals surface area (Å²) in [7, 11) is 0. The Morgan fingerprint density at radius 2 is 1.70 bits per heavy atom. The number of ether oxygens (including phenoxy) is 1. The average molecular weight is 317 g/mol. The Morgan fingerprint density at radius 1 is 1.04 bits per heavy atom. The highest BCUT2D eigenvalue weighted by molar-refractivity contribution is 5.95. The molecule has 6 heteroatoms. The van der Waals surface area contributed by atoms with E-state index in [4.69, 9.17) is 4.74 Å². The number of nitrogens with zero attached hydrogens (tertiary/aromatic N) is 1. The minimum Gasteiger partial charge on any atom is -0.423 e. The van der Waals surface area contributed by atoms with E-state index in [1.54, 1.807) is 17.0 Å². The summed E-state index contributed by atoms with van der Waals surface area (Å²) in [5.41, 5.74) is 0.519. The monoisotopic (exact) mass is 317 g/mol. The molecule has 1 amide bonds. The molecule has 0 aliphatic carbocycles. The fraction of sp³-hybridized carbons (Fsp3) is 0.176. The highest BCUT2D eigenvalue weighted by atomic mass is 19.1. The van der Waals surface area contributed by atoms with E-state index >= 15 is 0 Å². The van der Waals surface area contributed by atoms with Crippen LogP contribution in [0, 0.1) is 11.6 Å². The first-order chi connectivity index (χ1) is 11.0. The van der Waals surface area contributed by atoms with Crippen LogP contribution in [0.15, 0.2) is 42.5 Å². The summed E-state index contributed by atoms with van der Waals surface area (Å²) in [5.74, 6) is -2.26. The minimum absolute atomic E-state index is 0.0602. The standard InChI is InChI=1S/C17H13F2NO3/c18-12-8-11(9-13(19)10-12)17(22)23-15-5-3-14(4-6-15)20-7-1-2-16(20)21/h3-6,8-10H,1-2,7H2. The third kappa shape index (κ3) is 3.36. The molecule has 23 heavy (non-hydrogen) atoms. The topological polar surface area (TPSA) is 46.6 Å². The molecule has 0 bridgehead atoms. The summed E-state index contributed by atoms with van der Waals surface area (Å²) in [4.78, 5) is 25.2. The van der Waals surface area contributed by atoms with Gasteiger partial charge < -0.3 is 9.64 Å². The molecule has 0 spiro atoms. The molecule has 3 rings (SSSR count). The third-order valence-corrected chi connectivity index (χ3v) is 3.53. The van der Waals surface area contributed by atoms with Gasteiger partial charge in [-0.05, 0) is 42.8 Å². The fourth-order valence-corrected chi connectivity index (χ4v) is 2.45. The Labute approximate surface area is 131 Å². The first kappa shape index (κ1) is 15.1. The van der Waals surface area contributed by atoms with Crippen LogP contribution >= 0.6 is 0 Å². The molecule has 1 heterocycles. The average Bonchev–Trinajstić information content (AvgIpc) is 2.93. The molecule has 1 aliphatic rings. The molecule has 0 unspecified atom stereocenters. The SMILES string of the molecule is O=C(Oc1ccc(N2CCCC2=O)cc1)c1cc(F)cc(F)c1. The van der Waals surface area contributed by atoms with E-state index in [0.29, 0.717) is 19.0 Å². The molecular formula is C17H13F2NO3. The highest BCUT2D eigenvalue weighted by Gasteiger charge is 2.21. The predicted octanol–water partition coefficient (Wildman–Crippen LogP) is 3.31. The smallest absolute Gasteiger partial charge is 0.343 e. The molecule has 4 nitrogen and oxygen atoms in total. The van der Waals surface area contributed by atoms with Crippen molar-refractivity contribution in [3.63, 3.8) is 0 Å². The van der Waals surface area contributed by atoms with Crippen LogP contribution in [0.4, 0.5) is 14.5 Å². The molecule has 0 aromatic heterocycles. The van der Waals surface area contributed by atoms with Crippen LogP contribution in [0.1, 0.15) is 23.2 Å². The van der Waals surface area contributed by atoms with Gasteiger partial charge in [-0.1, -0.05) is 0 Å². The van der Waals surface area contributed by atoms with Gasteiger partial charge in [0.05, 0.1) is 5.56 Å². The quantitative estimate of drug-likeness (QED) is 0.644. The molecule has 1 saturated heterocycles. The zero-order valence-electron chi connectivity index (χ0n) is 12.1. The molecule has 0 N–H and O–H groups in total. The van der Waals surface area contributed by atoms with E-state index in [1.165, 1.54) is 12.1 Å². The molecular weight excluding hydrogens is 304 g/mol. The maximum absolute atomic E-state index is 13.1. The molecule has 2 aromatic rings. The first-order valence-electron chi connectivity index (χ1n) is 7.11. The Morgan fingerprint density at radius 3 is 2.26 bits per heavy atom. The van der Waals surface area contributed by atoms with E-state index in [-0.39, 0.29) is 17.2 Å². The summed E-state index contributed by atoms with van der Waals surface area (Å²) >= 11 is 0. The second kappa shape index (κ2) is 6.16. The van der Waals surface area contributed by atoms with Gasteiger partial charge in [0.15, 0.2) is 0 Å². The van der Waals surface area contributed by atoms with Gasteiger partial charge >= 0.3 is 5.97 Å². The second-order valence-corrected chi connectivity index (χ2v) is 5.19. The lowest BCUT2D eigenvalue weighted by Gasteiger charge is -2.15. The zero-order valence-corrected chi connectivity index (χ0v) is 12.1. The van der Waals surface area contributed by atoms with Crippen molar-refractivity contribution >= 4 is 17.6 Å². The molecule has 1 aliphatic heterocycles. The normalized spacial score (nSPS) is 14.2. The van der Waals surface area contributed by atoms with Crippen molar-refractivity contribution in [2.24, 2.45) is 0 Å². The predicted molar refractivity (Wildman–Crippen MR) is 79.3 cm³/mol. The van der Waals surface area contributed by atoms with E-state index in [9.17, 15) is 18.4 Å². The lowest BCUT2D eigenvalue weighted by Crippen LogP contribution is -2.23. The molecule has 0 saturated carbocycles. The van der Waals surface area contributed by atoms with Crippen LogP contribution in [0.2, 0.25) is 0 Å². The van der Waals surface area contributed by atoms with Crippen molar-refractivity contribution < 1.29 is 23.1 Å². The van der Waals surface area contributed by atoms with Gasteiger partial charge in [0, 0.05) is 24.7 Å². The molecule has 1 fully saturated rings. The molecule has 2 aromatic carbocycles. The first-order valence-corrected chi connectivity index (χ1v) is 7.11. The summed E-state index contributed by atoms with van der Waals surface area (Å²) in [6.45, 7) is 0.667. The van der Waals surface area contributed by atoms with Crippen molar-refractivity contribution in [1.82, 2.24) is 0 Å². The minimum atomic E-state index is -0.853. The van der Waals surface area contributed by atoms with Crippen molar-refractivity contribution in [3.05, 3.63) is 59.7 Å². The summed E-state index contributed by atoms with van der Waals surface area (Å²) in [6, 6.07) is 8.89. The lowest BCUT2D eigenvalue weighted by molar-refractivity contribution is -0.117. The second-order valence-electron chi connectivity index (χ2n) is 5.19. The number of anilines is 1. The number of carbonyl (C=O) groups excluding carboxylic acids is 2. The molecule has 0 radical (unpaired) electrons. The van der Waals surface area contributed by atoms with Crippen molar-refractivity contribution in [3.8, 4) is 5.75 Å². The number of carbonyl (C=O) groups is 2. The number of amides is 1. The number of hydrogen-bond acceptors (Lipinski definition) is 3. The van der Waals surface area contributed by atoms with Crippen LogP contribution in [0.5, 0.6) is 5.75 Å². The van der Waals surface area contributed by atoms with Gasteiger partial charge in [0.1, 0.15) is 17.4 Å². The summed E-state index contributed by atoms with van der Waals surface area (Å²) < 4.78 is 31.3. The van der Waals surface area contributed by atoms with E-state index in [1.807, 2.05) is 0 Å². The van der Waals surface area contributed by atoms with Gasteiger partial charge in [-0.25, -0.2) is 13.6 Å². The number of halogens is 2. The van der Waals surface area contributed by atoms with E-state index in [2.05, 4.69) is 0 Å². The summed E-state index contributed by atoms with van der Waals surface area (Å²) in [5, 5.41) is 0. The van der Waals surface area contributed by atoms with Crippen molar-refractivity contribution in [2.45, 2.75) is 12.8 Å². The lowest BCUT2D eigenvalue weighted by atomic mass is 10.2. The van der Waals surface area contributed by atoms with E-state index < -0.39 is 17.6 Å². The van der Waals surface area contributed by atoms with Gasteiger partial charge in [-0.2, -0.15) is 0 Å². The van der Waals surface area contributed by atoms with Crippen LogP contribution < -0.4 is 9.64 Å². The molecule has 0 atom stereocenters. The number of rotatable bonds is 3. The van der Waals surface area contributed by atoms with Crippen LogP contribution in [0.3, 0.4) is 0 Å². The molecule has 118 valence electrons. The Bertz CT molecular complexity index is 739. The van der Waals surface area contributed by atoms with Gasteiger partial charge in [0.2, 0.25) is 5.91 Å². The summed E-state index contributed by atoms with van der Waals surface area (Å²) in [6.07, 6.45) is 1.35. The van der Waals surface area contributed by atoms with Crippen molar-refractivity contribution in [1.29, 1.82) is 0 Å². The van der Waals surface area contributed by atoms with Crippen LogP contribution in [-0.2, 0) is 4.79 Å². The van der Waals surface area contributed by atoms with Crippen LogP contribution in [-0.4, -0.2) is 18.4 Å². The Kier molecular flexibility index (Phi) is 4.06. The highest BCUT2D eigenvalue weighted by Crippen LogP contribution is 2.24. The van der Waals surface area contributed by atoms with E-state index in [0.717, 1.165) is 24.2 Å². The van der Waals surface area contributed by atoms with Gasteiger partial charge in [0.25, 0.3) is 0 Å². The Hall–Kier alpha value is -2.76. The van der Waals surface area contributed by atoms with Gasteiger partial charge in [-0.15, -0.1) is 0 Å². The fourth-order valence-electron chi connectivity index (χ4n) is 2.45. The number of hydrogen-bond donors (Lipinski definition) is 0.